The molecule has 1 aromatic carbocycles. The minimum Gasteiger partial charge on any atom is -0.465 e. The molecule has 1 aliphatic rings. The normalized spacial score (nSPS) is 13.7. The molecule has 0 amide bonds. The molecule has 1 aromatic heterocycles. The van der Waals surface area contributed by atoms with E-state index in [4.69, 9.17) is 10.5 Å². The van der Waals surface area contributed by atoms with E-state index >= 15 is 0 Å². The Bertz CT molecular complexity index is 1020. The molecule has 0 bridgehead atoms. The molecular formula is C24H34N6O4S. The van der Waals surface area contributed by atoms with Crippen LogP contribution in [0.1, 0.15) is 50.7 Å². The SMILES string of the molecule is CCCCSc1nc(N)c([N+](=O)[O-])c(N(CC(=O)OCC)Cc2cccc(CN3CCCC3)c2)n1. The summed E-state index contributed by atoms with van der Waals surface area (Å²) < 4.78 is 5.15. The average molecular weight is 503 g/mol. The van der Waals surface area contributed by atoms with Crippen LogP contribution in [0.3, 0.4) is 0 Å². The highest BCUT2D eigenvalue weighted by Crippen LogP contribution is 2.34. The van der Waals surface area contributed by atoms with Crippen LogP contribution in [0.4, 0.5) is 17.3 Å². The number of esters is 1. The van der Waals surface area contributed by atoms with Gasteiger partial charge in [0, 0.05) is 18.8 Å². The molecule has 0 aliphatic carbocycles. The van der Waals surface area contributed by atoms with Gasteiger partial charge in [0.25, 0.3) is 0 Å². The molecule has 190 valence electrons. The maximum atomic E-state index is 12.5. The fraction of sp³-hybridized carbons (Fsp3) is 0.542. The molecule has 0 radical (unpaired) electrons. The summed E-state index contributed by atoms with van der Waals surface area (Å²) in [4.78, 5) is 36.4. The summed E-state index contributed by atoms with van der Waals surface area (Å²) in [6.45, 7) is 7.08. The number of anilines is 2. The van der Waals surface area contributed by atoms with Crippen LogP contribution in [0.2, 0.25) is 0 Å². The highest BCUT2D eigenvalue weighted by molar-refractivity contribution is 7.99. The van der Waals surface area contributed by atoms with Crippen LogP contribution in [0.5, 0.6) is 0 Å². The number of nitrogens with zero attached hydrogens (tertiary/aromatic N) is 5. The van der Waals surface area contributed by atoms with E-state index in [1.165, 1.54) is 24.6 Å². The Balaban J connectivity index is 1.94. The summed E-state index contributed by atoms with van der Waals surface area (Å²) in [5.74, 6) is 0.0893. The van der Waals surface area contributed by atoms with E-state index in [1.807, 2.05) is 12.1 Å². The van der Waals surface area contributed by atoms with E-state index < -0.39 is 16.6 Å². The maximum absolute atomic E-state index is 12.5. The van der Waals surface area contributed by atoms with Crippen molar-refractivity contribution in [1.82, 2.24) is 14.9 Å². The number of hydrogen-bond donors (Lipinski definition) is 1. The summed E-state index contributed by atoms with van der Waals surface area (Å²) in [7, 11) is 0. The van der Waals surface area contributed by atoms with Gasteiger partial charge in [-0.2, -0.15) is 9.97 Å². The molecule has 1 saturated heterocycles. The second kappa shape index (κ2) is 13.2. The van der Waals surface area contributed by atoms with Gasteiger partial charge in [-0.25, -0.2) is 0 Å². The number of benzene rings is 1. The number of likely N-dealkylation sites (tertiary alicyclic amines) is 1. The molecule has 0 unspecified atom stereocenters. The molecule has 1 fully saturated rings. The van der Waals surface area contributed by atoms with Crippen molar-refractivity contribution in [3.05, 3.63) is 45.5 Å². The van der Waals surface area contributed by atoms with Gasteiger partial charge in [0.2, 0.25) is 11.6 Å². The zero-order chi connectivity index (χ0) is 25.2. The van der Waals surface area contributed by atoms with Crippen molar-refractivity contribution in [2.45, 2.75) is 57.8 Å². The van der Waals surface area contributed by atoms with Crippen molar-refractivity contribution in [1.29, 1.82) is 0 Å². The lowest BCUT2D eigenvalue weighted by Crippen LogP contribution is -2.32. The molecule has 2 aromatic rings. The van der Waals surface area contributed by atoms with E-state index in [0.29, 0.717) is 5.16 Å². The Morgan fingerprint density at radius 2 is 2.00 bits per heavy atom. The largest absolute Gasteiger partial charge is 0.465 e. The van der Waals surface area contributed by atoms with E-state index in [-0.39, 0.29) is 31.3 Å². The maximum Gasteiger partial charge on any atom is 0.353 e. The van der Waals surface area contributed by atoms with Crippen LogP contribution in [0, 0.1) is 10.1 Å². The highest BCUT2D eigenvalue weighted by Gasteiger charge is 2.29. The number of hydrogen-bond acceptors (Lipinski definition) is 10. The number of nitro groups is 1. The number of rotatable bonds is 13. The van der Waals surface area contributed by atoms with Crippen LogP contribution in [0.25, 0.3) is 0 Å². The lowest BCUT2D eigenvalue weighted by atomic mass is 10.1. The highest BCUT2D eigenvalue weighted by atomic mass is 32.2. The smallest absolute Gasteiger partial charge is 0.353 e. The first-order chi connectivity index (χ1) is 16.9. The van der Waals surface area contributed by atoms with Crippen molar-refractivity contribution >= 4 is 35.1 Å². The molecule has 0 saturated carbocycles. The Morgan fingerprint density at radius 1 is 1.26 bits per heavy atom. The van der Waals surface area contributed by atoms with Crippen molar-refractivity contribution < 1.29 is 14.5 Å². The summed E-state index contributed by atoms with van der Waals surface area (Å²) in [6, 6.07) is 8.06. The molecule has 10 nitrogen and oxygen atoms in total. The second-order valence-electron chi connectivity index (χ2n) is 8.49. The minimum atomic E-state index is -0.590. The van der Waals surface area contributed by atoms with Crippen LogP contribution in [0.15, 0.2) is 29.4 Å². The van der Waals surface area contributed by atoms with Gasteiger partial charge in [-0.05, 0) is 50.4 Å². The number of ether oxygens (including phenoxy) is 1. The summed E-state index contributed by atoms with van der Waals surface area (Å²) >= 11 is 1.39. The molecular weight excluding hydrogens is 468 g/mol. The third-order valence-corrected chi connectivity index (χ3v) is 6.61. The number of unbranched alkanes of at least 4 members (excludes halogenated alkanes) is 1. The van der Waals surface area contributed by atoms with E-state index in [9.17, 15) is 14.9 Å². The fourth-order valence-electron chi connectivity index (χ4n) is 4.02. The van der Waals surface area contributed by atoms with Crippen LogP contribution in [-0.2, 0) is 22.6 Å². The molecule has 2 N–H and O–H groups in total. The second-order valence-corrected chi connectivity index (χ2v) is 9.55. The Kier molecular flexibility index (Phi) is 10.1. The number of nitrogen functional groups attached to an aromatic ring is 1. The number of nitrogens with two attached hydrogens (primary N) is 1. The Morgan fingerprint density at radius 3 is 2.69 bits per heavy atom. The monoisotopic (exact) mass is 502 g/mol. The third kappa shape index (κ3) is 7.79. The van der Waals surface area contributed by atoms with Crippen molar-refractivity contribution in [3.63, 3.8) is 0 Å². The first-order valence-electron chi connectivity index (χ1n) is 12.1. The lowest BCUT2D eigenvalue weighted by molar-refractivity contribution is -0.383. The number of carbonyl (C=O) groups excluding carboxylic acids is 1. The first kappa shape index (κ1) is 26.7. The standard InChI is InChI=1S/C24H34N6O4S/c1-3-5-13-35-24-26-22(25)21(30(32)33)23(27-24)29(17-20(31)34-4-2)16-19-10-8-9-18(14-19)15-28-11-6-7-12-28/h8-10,14H,3-7,11-13,15-17H2,1-2H3,(H2,25,26,27). The molecule has 0 spiro atoms. The van der Waals surface area contributed by atoms with Crippen molar-refractivity contribution in [3.8, 4) is 0 Å². The minimum absolute atomic E-state index is 0.0273. The molecule has 0 atom stereocenters. The van der Waals surface area contributed by atoms with Gasteiger partial charge < -0.3 is 15.4 Å². The first-order valence-corrected chi connectivity index (χ1v) is 13.0. The number of thioether (sulfide) groups is 1. The Hall–Kier alpha value is -2.92. The lowest BCUT2D eigenvalue weighted by Gasteiger charge is -2.24. The topological polar surface area (TPSA) is 128 Å². The van der Waals surface area contributed by atoms with Gasteiger partial charge in [0.05, 0.1) is 11.5 Å². The van der Waals surface area contributed by atoms with Gasteiger partial charge in [-0.15, -0.1) is 0 Å². The fourth-order valence-corrected chi connectivity index (χ4v) is 4.95. The van der Waals surface area contributed by atoms with Gasteiger partial charge >= 0.3 is 11.7 Å². The van der Waals surface area contributed by atoms with Gasteiger partial charge in [0.15, 0.2) is 5.16 Å². The predicted octanol–water partition coefficient (Wildman–Crippen LogP) is 4.02. The van der Waals surface area contributed by atoms with Crippen LogP contribution < -0.4 is 10.6 Å². The average Bonchev–Trinajstić information content (AvgIpc) is 3.31. The molecule has 35 heavy (non-hydrogen) atoms. The van der Waals surface area contributed by atoms with Crippen molar-refractivity contribution in [2.75, 3.05) is 42.6 Å². The zero-order valence-corrected chi connectivity index (χ0v) is 21.3. The van der Waals surface area contributed by atoms with Gasteiger partial charge in [0.1, 0.15) is 6.54 Å². The van der Waals surface area contributed by atoms with E-state index in [2.05, 4.69) is 33.9 Å². The third-order valence-electron chi connectivity index (χ3n) is 5.68. The van der Waals surface area contributed by atoms with E-state index in [1.54, 1.807) is 11.8 Å². The van der Waals surface area contributed by atoms with Crippen LogP contribution in [-0.4, -0.2) is 57.8 Å². The number of aromatic nitrogens is 2. The zero-order valence-electron chi connectivity index (χ0n) is 20.4. The number of carbonyl (C=O) groups is 1. The van der Waals surface area contributed by atoms with Crippen LogP contribution >= 0.6 is 11.8 Å². The summed E-state index contributed by atoms with van der Waals surface area (Å²) in [5.41, 5.74) is 7.68. The molecule has 3 rings (SSSR count). The summed E-state index contributed by atoms with van der Waals surface area (Å²) in [5, 5.41) is 12.3. The van der Waals surface area contributed by atoms with Crippen molar-refractivity contribution in [2.24, 2.45) is 0 Å². The van der Waals surface area contributed by atoms with Gasteiger partial charge in [-0.3, -0.25) is 19.8 Å². The van der Waals surface area contributed by atoms with E-state index in [0.717, 1.165) is 49.4 Å². The summed E-state index contributed by atoms with van der Waals surface area (Å²) in [6.07, 6.45) is 4.39. The van der Waals surface area contributed by atoms with Gasteiger partial charge in [-0.1, -0.05) is 49.4 Å². The Labute approximate surface area is 210 Å². The molecule has 2 heterocycles. The predicted molar refractivity (Wildman–Crippen MR) is 137 cm³/mol. The molecule has 1 aliphatic heterocycles. The quantitative estimate of drug-likeness (QED) is 0.107. The molecule has 11 heteroatoms.